The summed E-state index contributed by atoms with van der Waals surface area (Å²) in [5.74, 6) is 0.830. The van der Waals surface area contributed by atoms with E-state index in [0.29, 0.717) is 0 Å². The molecule has 1 aromatic carbocycles. The minimum absolute atomic E-state index is 0.0340. The number of nitrogens with one attached hydrogen (secondary N) is 4. The Morgan fingerprint density at radius 2 is 1.94 bits per heavy atom. The zero-order chi connectivity index (χ0) is 12.8. The van der Waals surface area contributed by atoms with Crippen LogP contribution in [-0.4, -0.2) is 25.3 Å². The molecule has 1 aliphatic heterocycles. The van der Waals surface area contributed by atoms with Crippen LogP contribution in [0.4, 0.5) is 0 Å². The number of aliphatic imine (C=N–C) groups is 1. The maximum Gasteiger partial charge on any atom is 0.195 e. The molecule has 18 heavy (non-hydrogen) atoms. The van der Waals surface area contributed by atoms with Crippen LogP contribution >= 0.6 is 0 Å². The fraction of sp³-hybridized carbons (Fsp3) is 0.462. The van der Waals surface area contributed by atoms with E-state index in [-0.39, 0.29) is 12.5 Å². The molecule has 4 N–H and O–H groups in total. The van der Waals surface area contributed by atoms with Crippen LogP contribution in [0, 0.1) is 0 Å². The highest BCUT2D eigenvalue weighted by molar-refractivity contribution is 5.81. The summed E-state index contributed by atoms with van der Waals surface area (Å²) in [7, 11) is 0. The molecule has 1 saturated heterocycles. The number of guanidine groups is 1. The Hall–Kier alpha value is -1.59. The SMILES string of the molecule is CCN=C1NC(NCC)NC(c2ccccc2)N1. The van der Waals surface area contributed by atoms with E-state index in [4.69, 9.17) is 0 Å². The number of benzene rings is 1. The highest BCUT2D eigenvalue weighted by Crippen LogP contribution is 2.11. The molecule has 2 atom stereocenters. The van der Waals surface area contributed by atoms with Crippen molar-refractivity contribution in [2.75, 3.05) is 13.1 Å². The first-order valence-corrected chi connectivity index (χ1v) is 6.45. The van der Waals surface area contributed by atoms with Gasteiger partial charge in [-0.05, 0) is 19.0 Å². The Morgan fingerprint density at radius 1 is 1.17 bits per heavy atom. The Labute approximate surface area is 108 Å². The normalized spacial score (nSPS) is 25.6. The van der Waals surface area contributed by atoms with Crippen LogP contribution in [-0.2, 0) is 0 Å². The van der Waals surface area contributed by atoms with Gasteiger partial charge >= 0.3 is 0 Å². The van der Waals surface area contributed by atoms with Crippen molar-refractivity contribution in [3.05, 3.63) is 35.9 Å². The zero-order valence-corrected chi connectivity index (χ0v) is 10.9. The fourth-order valence-corrected chi connectivity index (χ4v) is 1.95. The summed E-state index contributed by atoms with van der Waals surface area (Å²) in [4.78, 5) is 4.41. The second kappa shape index (κ2) is 6.37. The molecule has 0 saturated carbocycles. The molecule has 5 heteroatoms. The van der Waals surface area contributed by atoms with Gasteiger partial charge in [0.05, 0.1) is 0 Å². The molecule has 0 amide bonds. The Bertz CT molecular complexity index is 390. The van der Waals surface area contributed by atoms with Crippen LogP contribution in [0.5, 0.6) is 0 Å². The highest BCUT2D eigenvalue weighted by Gasteiger charge is 2.23. The van der Waals surface area contributed by atoms with Gasteiger partial charge in [0.15, 0.2) is 5.96 Å². The molecule has 1 aromatic rings. The summed E-state index contributed by atoms with van der Waals surface area (Å²) >= 11 is 0. The molecule has 1 fully saturated rings. The zero-order valence-electron chi connectivity index (χ0n) is 10.9. The van der Waals surface area contributed by atoms with Gasteiger partial charge in [0, 0.05) is 6.54 Å². The molecule has 1 aliphatic rings. The second-order valence-corrected chi connectivity index (χ2v) is 4.11. The Balaban J connectivity index is 2.12. The van der Waals surface area contributed by atoms with Crippen LogP contribution in [0.1, 0.15) is 25.6 Å². The molecule has 2 unspecified atom stereocenters. The standard InChI is InChI=1S/C13H21N5/c1-3-14-12-16-11(10-8-6-5-7-9-10)17-13(18-12)15-4-2/h5-9,11-12,14,16H,3-4H2,1-2H3,(H2,15,17,18). The molecular weight excluding hydrogens is 226 g/mol. The summed E-state index contributed by atoms with van der Waals surface area (Å²) in [6.45, 7) is 5.76. The van der Waals surface area contributed by atoms with Gasteiger partial charge in [-0.2, -0.15) is 0 Å². The molecule has 0 radical (unpaired) electrons. The lowest BCUT2D eigenvalue weighted by molar-refractivity contribution is 0.312. The summed E-state index contributed by atoms with van der Waals surface area (Å²) < 4.78 is 0. The quantitative estimate of drug-likeness (QED) is 0.634. The smallest absolute Gasteiger partial charge is 0.195 e. The van der Waals surface area contributed by atoms with E-state index < -0.39 is 0 Å². The molecule has 0 bridgehead atoms. The lowest BCUT2D eigenvalue weighted by Gasteiger charge is -2.35. The van der Waals surface area contributed by atoms with Crippen molar-refractivity contribution in [3.63, 3.8) is 0 Å². The van der Waals surface area contributed by atoms with Crippen LogP contribution < -0.4 is 21.3 Å². The maximum atomic E-state index is 4.41. The summed E-state index contributed by atoms with van der Waals surface area (Å²) in [6.07, 6.45) is 0.105. The van der Waals surface area contributed by atoms with Crippen molar-refractivity contribution in [2.45, 2.75) is 26.3 Å². The first-order chi connectivity index (χ1) is 8.83. The van der Waals surface area contributed by atoms with Gasteiger partial charge in [-0.3, -0.25) is 15.6 Å². The third kappa shape index (κ3) is 3.21. The number of hydrogen-bond acceptors (Lipinski definition) is 3. The van der Waals surface area contributed by atoms with Crippen LogP contribution in [0.25, 0.3) is 0 Å². The molecular formula is C13H21N5. The van der Waals surface area contributed by atoms with Gasteiger partial charge in [-0.1, -0.05) is 37.3 Å². The lowest BCUT2D eigenvalue weighted by atomic mass is 10.1. The van der Waals surface area contributed by atoms with Crippen molar-refractivity contribution in [1.29, 1.82) is 0 Å². The van der Waals surface area contributed by atoms with Crippen LogP contribution in [0.2, 0.25) is 0 Å². The molecule has 0 aliphatic carbocycles. The van der Waals surface area contributed by atoms with Gasteiger partial charge in [-0.15, -0.1) is 0 Å². The number of hydrogen-bond donors (Lipinski definition) is 4. The Kier molecular flexibility index (Phi) is 4.55. The van der Waals surface area contributed by atoms with Gasteiger partial charge < -0.3 is 10.6 Å². The monoisotopic (exact) mass is 247 g/mol. The summed E-state index contributed by atoms with van der Waals surface area (Å²) in [5, 5.41) is 13.4. The average molecular weight is 247 g/mol. The van der Waals surface area contributed by atoms with Crippen molar-refractivity contribution >= 4 is 5.96 Å². The number of nitrogens with zero attached hydrogens (tertiary/aromatic N) is 1. The summed E-state index contributed by atoms with van der Waals surface area (Å²) in [6, 6.07) is 10.3. The van der Waals surface area contributed by atoms with Gasteiger partial charge in [-0.25, -0.2) is 0 Å². The van der Waals surface area contributed by atoms with E-state index >= 15 is 0 Å². The van der Waals surface area contributed by atoms with E-state index in [1.165, 1.54) is 5.56 Å². The van der Waals surface area contributed by atoms with Crippen molar-refractivity contribution in [1.82, 2.24) is 21.3 Å². The van der Waals surface area contributed by atoms with Crippen LogP contribution in [0.3, 0.4) is 0 Å². The van der Waals surface area contributed by atoms with E-state index in [0.717, 1.165) is 19.0 Å². The van der Waals surface area contributed by atoms with Gasteiger partial charge in [0.2, 0.25) is 0 Å². The van der Waals surface area contributed by atoms with Crippen LogP contribution in [0.15, 0.2) is 35.3 Å². The predicted molar refractivity (Wildman–Crippen MR) is 74.0 cm³/mol. The third-order valence-corrected chi connectivity index (χ3v) is 2.75. The van der Waals surface area contributed by atoms with E-state index in [1.807, 2.05) is 25.1 Å². The van der Waals surface area contributed by atoms with Crippen molar-refractivity contribution < 1.29 is 0 Å². The minimum atomic E-state index is 0.0340. The average Bonchev–Trinajstić information content (AvgIpc) is 2.40. The minimum Gasteiger partial charge on any atom is -0.337 e. The topological polar surface area (TPSA) is 60.5 Å². The van der Waals surface area contributed by atoms with E-state index in [1.54, 1.807) is 0 Å². The highest BCUT2D eigenvalue weighted by atomic mass is 15.4. The fourth-order valence-electron chi connectivity index (χ4n) is 1.95. The molecule has 98 valence electrons. The Morgan fingerprint density at radius 3 is 2.61 bits per heavy atom. The second-order valence-electron chi connectivity index (χ2n) is 4.11. The van der Waals surface area contributed by atoms with Gasteiger partial charge in [0.1, 0.15) is 12.5 Å². The maximum absolute atomic E-state index is 4.41. The summed E-state index contributed by atoms with van der Waals surface area (Å²) in [5.41, 5.74) is 1.20. The van der Waals surface area contributed by atoms with Gasteiger partial charge in [0.25, 0.3) is 0 Å². The molecule has 2 rings (SSSR count). The molecule has 0 aromatic heterocycles. The van der Waals surface area contributed by atoms with E-state index in [2.05, 4.69) is 45.3 Å². The molecule has 5 nitrogen and oxygen atoms in total. The van der Waals surface area contributed by atoms with E-state index in [9.17, 15) is 0 Å². The third-order valence-electron chi connectivity index (χ3n) is 2.75. The van der Waals surface area contributed by atoms with Crippen molar-refractivity contribution in [2.24, 2.45) is 4.99 Å². The molecule has 1 heterocycles. The first kappa shape index (κ1) is 12.9. The molecule has 0 spiro atoms. The van der Waals surface area contributed by atoms with Crippen molar-refractivity contribution in [3.8, 4) is 0 Å². The first-order valence-electron chi connectivity index (χ1n) is 6.45. The predicted octanol–water partition coefficient (Wildman–Crippen LogP) is 0.737. The lowest BCUT2D eigenvalue weighted by Crippen LogP contribution is -2.66. The number of rotatable bonds is 4. The largest absolute Gasteiger partial charge is 0.337 e.